The van der Waals surface area contributed by atoms with Crippen LogP contribution < -0.4 is 0 Å². The van der Waals surface area contributed by atoms with Crippen LogP contribution in [0.25, 0.3) is 10.8 Å². The monoisotopic (exact) mass is 400 g/mol. The molecule has 0 aromatic heterocycles. The van der Waals surface area contributed by atoms with Gasteiger partial charge in [0.1, 0.15) is 0 Å². The molecule has 0 saturated carbocycles. The van der Waals surface area contributed by atoms with Crippen molar-refractivity contribution in [1.29, 1.82) is 0 Å². The first-order valence-corrected chi connectivity index (χ1v) is 10.8. The highest BCUT2D eigenvalue weighted by Crippen LogP contribution is 2.30. The first-order valence-electron chi connectivity index (χ1n) is 7.45. The van der Waals surface area contributed by atoms with Gasteiger partial charge in [-0.3, -0.25) is 9.59 Å². The summed E-state index contributed by atoms with van der Waals surface area (Å²) < 4.78 is 49.7. The van der Waals surface area contributed by atoms with Gasteiger partial charge in [-0.1, -0.05) is 24.3 Å². The number of carboxylic acids is 2. The SMILES string of the molecule is O=C(O)CCS(=O)(=O)c1cccc2c(S(=O)(=O)CCC(=O)O)cccc12. The lowest BCUT2D eigenvalue weighted by atomic mass is 10.1. The van der Waals surface area contributed by atoms with Gasteiger partial charge in [-0.05, 0) is 12.1 Å². The number of rotatable bonds is 8. The van der Waals surface area contributed by atoms with Crippen molar-refractivity contribution in [2.75, 3.05) is 11.5 Å². The van der Waals surface area contributed by atoms with E-state index in [0.29, 0.717) is 0 Å². The fourth-order valence-electron chi connectivity index (χ4n) is 2.46. The van der Waals surface area contributed by atoms with E-state index >= 15 is 0 Å². The summed E-state index contributed by atoms with van der Waals surface area (Å²) in [6.07, 6.45) is -1.15. The number of hydrogen-bond donors (Lipinski definition) is 2. The van der Waals surface area contributed by atoms with Gasteiger partial charge >= 0.3 is 11.9 Å². The molecule has 2 aromatic carbocycles. The van der Waals surface area contributed by atoms with Gasteiger partial charge in [-0.15, -0.1) is 0 Å². The maximum Gasteiger partial charge on any atom is 0.304 e. The van der Waals surface area contributed by atoms with Crippen molar-refractivity contribution >= 4 is 42.4 Å². The molecule has 0 atom stereocenters. The van der Waals surface area contributed by atoms with Crippen LogP contribution in [0.1, 0.15) is 12.8 Å². The average molecular weight is 400 g/mol. The molecule has 26 heavy (non-hydrogen) atoms. The molecule has 0 radical (unpaired) electrons. The number of carboxylic acid groups (broad SMARTS) is 2. The highest BCUT2D eigenvalue weighted by molar-refractivity contribution is 7.92. The average Bonchev–Trinajstić information content (AvgIpc) is 2.57. The van der Waals surface area contributed by atoms with Gasteiger partial charge in [0.05, 0.1) is 34.1 Å². The quantitative estimate of drug-likeness (QED) is 0.676. The van der Waals surface area contributed by atoms with Crippen molar-refractivity contribution in [2.45, 2.75) is 22.6 Å². The van der Waals surface area contributed by atoms with E-state index in [-0.39, 0.29) is 20.6 Å². The van der Waals surface area contributed by atoms with E-state index in [0.717, 1.165) is 0 Å². The number of benzene rings is 2. The standard InChI is InChI=1S/C16H16O8S2/c17-15(18)7-9-25(21,22)13-5-1-3-11-12(13)4-2-6-14(11)26(23,24)10-8-16(19)20/h1-6H,7-10H2,(H,17,18)(H,19,20). The summed E-state index contributed by atoms with van der Waals surface area (Å²) in [5.41, 5.74) is 0. The first kappa shape index (κ1) is 19.9. The first-order chi connectivity index (χ1) is 12.0. The van der Waals surface area contributed by atoms with Crippen LogP contribution in [0.15, 0.2) is 46.2 Å². The lowest BCUT2D eigenvalue weighted by Crippen LogP contribution is -2.13. The molecule has 0 spiro atoms. The number of hydrogen-bond acceptors (Lipinski definition) is 6. The van der Waals surface area contributed by atoms with Crippen LogP contribution in [0.2, 0.25) is 0 Å². The lowest BCUT2D eigenvalue weighted by Gasteiger charge is -2.11. The number of carbonyl (C=O) groups is 2. The van der Waals surface area contributed by atoms with Gasteiger partial charge in [0.15, 0.2) is 19.7 Å². The Morgan fingerprint density at radius 3 is 1.35 bits per heavy atom. The van der Waals surface area contributed by atoms with E-state index in [1.165, 1.54) is 36.4 Å². The predicted molar refractivity (Wildman–Crippen MR) is 92.6 cm³/mol. The second-order valence-corrected chi connectivity index (χ2v) is 9.69. The lowest BCUT2D eigenvalue weighted by molar-refractivity contribution is -0.137. The number of sulfone groups is 2. The molecule has 0 amide bonds. The third kappa shape index (κ3) is 4.38. The van der Waals surface area contributed by atoms with Crippen LogP contribution in [0, 0.1) is 0 Å². The predicted octanol–water partition coefficient (Wildman–Crippen LogP) is 1.34. The Bertz CT molecular complexity index is 981. The van der Waals surface area contributed by atoms with E-state index in [1.54, 1.807) is 0 Å². The highest BCUT2D eigenvalue weighted by Gasteiger charge is 2.23. The fraction of sp³-hybridized carbons (Fsp3) is 0.250. The maximum atomic E-state index is 12.4. The molecule has 0 saturated heterocycles. The summed E-state index contributed by atoms with van der Waals surface area (Å²) in [6, 6.07) is 8.16. The van der Waals surface area contributed by atoms with Gasteiger partial charge in [0.2, 0.25) is 0 Å². The van der Waals surface area contributed by atoms with Gasteiger partial charge in [-0.25, -0.2) is 16.8 Å². The van der Waals surface area contributed by atoms with Crippen LogP contribution >= 0.6 is 0 Å². The van der Waals surface area contributed by atoms with Crippen molar-refractivity contribution in [3.8, 4) is 0 Å². The van der Waals surface area contributed by atoms with E-state index in [9.17, 15) is 26.4 Å². The molecule has 0 bridgehead atoms. The van der Waals surface area contributed by atoms with Crippen LogP contribution in [0.3, 0.4) is 0 Å². The Morgan fingerprint density at radius 1 is 0.692 bits per heavy atom. The molecule has 10 heteroatoms. The summed E-state index contributed by atoms with van der Waals surface area (Å²) in [5.74, 6) is -3.74. The molecule has 0 heterocycles. The molecule has 0 aliphatic carbocycles. The Hall–Kier alpha value is -2.46. The zero-order valence-electron chi connectivity index (χ0n) is 13.5. The minimum atomic E-state index is -3.94. The van der Waals surface area contributed by atoms with Gasteiger partial charge in [0, 0.05) is 10.8 Å². The summed E-state index contributed by atoms with van der Waals surface area (Å²) in [4.78, 5) is 21.0. The van der Waals surface area contributed by atoms with E-state index < -0.39 is 56.0 Å². The van der Waals surface area contributed by atoms with Gasteiger partial charge < -0.3 is 10.2 Å². The van der Waals surface area contributed by atoms with Gasteiger partial charge in [0.25, 0.3) is 0 Å². The molecular formula is C16H16O8S2. The Labute approximate surface area is 149 Å². The minimum Gasteiger partial charge on any atom is -0.481 e. The fourth-order valence-corrected chi connectivity index (χ4v) is 5.38. The van der Waals surface area contributed by atoms with Crippen molar-refractivity contribution in [2.24, 2.45) is 0 Å². The van der Waals surface area contributed by atoms with Gasteiger partial charge in [-0.2, -0.15) is 0 Å². The molecule has 0 unspecified atom stereocenters. The zero-order valence-corrected chi connectivity index (χ0v) is 15.1. The molecule has 2 rings (SSSR count). The summed E-state index contributed by atoms with van der Waals surface area (Å²) >= 11 is 0. The van der Waals surface area contributed by atoms with Crippen LogP contribution in [0.5, 0.6) is 0 Å². The second-order valence-electron chi connectivity index (χ2n) is 5.53. The third-order valence-corrected chi connectivity index (χ3v) is 7.22. The van der Waals surface area contributed by atoms with E-state index in [4.69, 9.17) is 10.2 Å². The summed E-state index contributed by atoms with van der Waals surface area (Å²) in [5, 5.41) is 17.7. The molecule has 0 fully saturated rings. The van der Waals surface area contributed by atoms with Crippen LogP contribution in [-0.2, 0) is 29.3 Å². The Kier molecular flexibility index (Phi) is 5.67. The smallest absolute Gasteiger partial charge is 0.304 e. The second kappa shape index (κ2) is 7.42. The summed E-state index contributed by atoms with van der Waals surface area (Å²) in [7, 11) is -7.88. The number of fused-ring (bicyclic) bond motifs is 1. The largest absolute Gasteiger partial charge is 0.481 e. The zero-order chi connectivity index (χ0) is 19.5. The molecule has 140 valence electrons. The maximum absolute atomic E-state index is 12.4. The van der Waals surface area contributed by atoms with Crippen molar-refractivity contribution < 1.29 is 36.6 Å². The normalized spacial score (nSPS) is 12.2. The van der Waals surface area contributed by atoms with E-state index in [2.05, 4.69) is 0 Å². The Morgan fingerprint density at radius 2 is 1.04 bits per heavy atom. The van der Waals surface area contributed by atoms with Crippen molar-refractivity contribution in [1.82, 2.24) is 0 Å². The topological polar surface area (TPSA) is 143 Å². The highest BCUT2D eigenvalue weighted by atomic mass is 32.2. The Balaban J connectivity index is 2.59. The summed E-state index contributed by atoms with van der Waals surface area (Å²) in [6.45, 7) is 0. The van der Waals surface area contributed by atoms with E-state index in [1.807, 2.05) is 0 Å². The molecular weight excluding hydrogens is 384 g/mol. The molecule has 0 aliphatic heterocycles. The van der Waals surface area contributed by atoms with Crippen molar-refractivity contribution in [3.05, 3.63) is 36.4 Å². The minimum absolute atomic E-state index is 0.147. The van der Waals surface area contributed by atoms with Crippen LogP contribution in [-0.4, -0.2) is 50.5 Å². The number of aliphatic carboxylic acids is 2. The van der Waals surface area contributed by atoms with Crippen molar-refractivity contribution in [3.63, 3.8) is 0 Å². The molecule has 2 aromatic rings. The van der Waals surface area contributed by atoms with Crippen LogP contribution in [0.4, 0.5) is 0 Å². The molecule has 2 N–H and O–H groups in total. The third-order valence-electron chi connectivity index (χ3n) is 3.68. The molecule has 0 aliphatic rings. The molecule has 8 nitrogen and oxygen atoms in total.